The van der Waals surface area contributed by atoms with Crippen molar-refractivity contribution in [3.05, 3.63) is 59.0 Å². The Morgan fingerprint density at radius 2 is 1.97 bits per heavy atom. The van der Waals surface area contributed by atoms with Crippen molar-refractivity contribution >= 4 is 36.1 Å². The van der Waals surface area contributed by atoms with E-state index in [1.54, 1.807) is 29.7 Å². The number of nitrogens with zero attached hydrogens (tertiary/aromatic N) is 4. The van der Waals surface area contributed by atoms with Gasteiger partial charge in [-0.25, -0.2) is 9.78 Å². The largest absolute Gasteiger partial charge is 0.464 e. The van der Waals surface area contributed by atoms with Gasteiger partial charge >= 0.3 is 12.7 Å². The zero-order chi connectivity index (χ0) is 27.8. The van der Waals surface area contributed by atoms with Gasteiger partial charge in [0.05, 0.1) is 28.2 Å². The Labute approximate surface area is 218 Å². The average Bonchev–Trinajstić information content (AvgIpc) is 3.43. The van der Waals surface area contributed by atoms with E-state index >= 15 is 0 Å². The van der Waals surface area contributed by atoms with Crippen molar-refractivity contribution in [2.75, 3.05) is 6.61 Å². The van der Waals surface area contributed by atoms with Crippen molar-refractivity contribution < 1.29 is 33.3 Å². The summed E-state index contributed by atoms with van der Waals surface area (Å²) in [6.07, 6.45) is -1.57. The highest BCUT2D eigenvalue weighted by Gasteiger charge is 2.29. The van der Waals surface area contributed by atoms with E-state index in [0.717, 1.165) is 10.6 Å². The summed E-state index contributed by atoms with van der Waals surface area (Å²) in [5.41, 5.74) is 1.92. The molecule has 38 heavy (non-hydrogen) atoms. The minimum absolute atomic E-state index is 0.00155. The third-order valence-corrected chi connectivity index (χ3v) is 7.93. The maximum Gasteiger partial charge on any atom is 0.416 e. The van der Waals surface area contributed by atoms with Crippen molar-refractivity contribution in [1.29, 1.82) is 5.26 Å². The molecular weight excluding hydrogens is 514 g/mol. The van der Waals surface area contributed by atoms with Crippen LogP contribution in [-0.4, -0.2) is 51.7 Å². The highest BCUT2D eigenvalue weighted by Crippen LogP contribution is 2.40. The molecule has 9 nitrogen and oxygen atoms in total. The molecule has 2 heterocycles. The molecule has 0 saturated carbocycles. The van der Waals surface area contributed by atoms with Crippen LogP contribution in [0.1, 0.15) is 28.6 Å². The monoisotopic (exact) mass is 542 g/mol. The number of aliphatic hydroxyl groups is 1. The lowest BCUT2D eigenvalue weighted by atomic mass is 9.99. The van der Waals surface area contributed by atoms with Gasteiger partial charge in [-0.1, -0.05) is 19.6 Å². The molecule has 0 spiro atoms. The van der Waals surface area contributed by atoms with Crippen molar-refractivity contribution in [2.45, 2.75) is 52.1 Å². The van der Waals surface area contributed by atoms with E-state index in [0.29, 0.717) is 28.8 Å². The van der Waals surface area contributed by atoms with E-state index in [-0.39, 0.29) is 34.8 Å². The van der Waals surface area contributed by atoms with Gasteiger partial charge in [-0.05, 0) is 48.9 Å². The summed E-state index contributed by atoms with van der Waals surface area (Å²) >= 11 is 0. The molecular formula is C26H28F2N4O5Si. The molecule has 0 aliphatic heterocycles. The first-order valence-electron chi connectivity index (χ1n) is 11.9. The first-order valence-corrected chi connectivity index (χ1v) is 15.6. The third kappa shape index (κ3) is 5.40. The van der Waals surface area contributed by atoms with Crippen LogP contribution >= 0.6 is 0 Å². The second-order valence-corrected chi connectivity index (χ2v) is 15.8. The zero-order valence-electron chi connectivity index (χ0n) is 21.4. The van der Waals surface area contributed by atoms with E-state index in [1.165, 1.54) is 18.3 Å². The minimum Gasteiger partial charge on any atom is -0.464 e. The number of rotatable bonds is 9. The number of alkyl halides is 2. The van der Waals surface area contributed by atoms with Crippen molar-refractivity contribution in [3.8, 4) is 11.8 Å². The van der Waals surface area contributed by atoms with Crippen LogP contribution in [0.2, 0.25) is 25.7 Å². The fourth-order valence-electron chi connectivity index (χ4n) is 4.38. The molecule has 200 valence electrons. The number of halogens is 2. The summed E-state index contributed by atoms with van der Waals surface area (Å²) < 4.78 is 40.0. The molecule has 12 heteroatoms. The second-order valence-electron chi connectivity index (χ2n) is 10.2. The molecule has 0 radical (unpaired) electrons. The number of imidazole rings is 1. The van der Waals surface area contributed by atoms with Crippen LogP contribution in [-0.2, 0) is 11.5 Å². The Morgan fingerprint density at radius 3 is 2.61 bits per heavy atom. The maximum absolute atomic E-state index is 13.4. The number of fused-ring (bicyclic) bond motifs is 2. The Morgan fingerprint density at radius 1 is 1.24 bits per heavy atom. The molecule has 0 amide bonds. The van der Waals surface area contributed by atoms with Gasteiger partial charge in [0.15, 0.2) is 0 Å². The SMILES string of the molecule is Cc1cc(OC(F)F)c(C(O)c2nc3ccc(C#N)cc3n2COCC[Si](C)(C)C)c2ccn(C(=O)O)c12. The topological polar surface area (TPSA) is 123 Å². The van der Waals surface area contributed by atoms with Crippen LogP contribution in [0.5, 0.6) is 5.75 Å². The van der Waals surface area contributed by atoms with Crippen LogP contribution in [0.15, 0.2) is 36.5 Å². The van der Waals surface area contributed by atoms with Gasteiger partial charge in [-0.3, -0.25) is 4.57 Å². The van der Waals surface area contributed by atoms with Gasteiger partial charge in [0, 0.05) is 31.8 Å². The highest BCUT2D eigenvalue weighted by molar-refractivity contribution is 6.76. The summed E-state index contributed by atoms with van der Waals surface area (Å²) in [4.78, 5) is 16.3. The molecule has 0 fully saturated rings. The number of carboxylic acid groups (broad SMARTS) is 1. The normalized spacial score (nSPS) is 12.8. The van der Waals surface area contributed by atoms with Gasteiger partial charge < -0.3 is 24.3 Å². The number of aryl methyl sites for hydroxylation is 1. The van der Waals surface area contributed by atoms with Crippen LogP contribution < -0.4 is 4.74 Å². The van der Waals surface area contributed by atoms with Gasteiger partial charge in [0.25, 0.3) is 0 Å². The quantitative estimate of drug-likeness (QED) is 0.206. The van der Waals surface area contributed by atoms with E-state index in [4.69, 9.17) is 9.47 Å². The second kappa shape index (κ2) is 10.5. The van der Waals surface area contributed by atoms with E-state index in [2.05, 4.69) is 30.7 Å². The Balaban J connectivity index is 1.89. The van der Waals surface area contributed by atoms with Crippen molar-refractivity contribution in [3.63, 3.8) is 0 Å². The summed E-state index contributed by atoms with van der Waals surface area (Å²) in [6, 6.07) is 10.5. The number of benzene rings is 2. The van der Waals surface area contributed by atoms with Crippen molar-refractivity contribution in [2.24, 2.45) is 0 Å². The third-order valence-electron chi connectivity index (χ3n) is 6.23. The smallest absolute Gasteiger partial charge is 0.416 e. The van der Waals surface area contributed by atoms with Crippen LogP contribution in [0.4, 0.5) is 13.6 Å². The van der Waals surface area contributed by atoms with E-state index in [1.807, 2.05) is 0 Å². The van der Waals surface area contributed by atoms with E-state index < -0.39 is 26.9 Å². The molecule has 4 rings (SSSR count). The molecule has 2 aromatic carbocycles. The summed E-state index contributed by atoms with van der Waals surface area (Å²) in [5.74, 6) is -0.216. The number of carbonyl (C=O) groups is 1. The molecule has 0 aliphatic rings. The van der Waals surface area contributed by atoms with Gasteiger partial charge in [-0.15, -0.1) is 0 Å². The Hall–Kier alpha value is -3.79. The average molecular weight is 543 g/mol. The molecule has 0 aliphatic carbocycles. The predicted octanol–water partition coefficient (Wildman–Crippen LogP) is 5.69. The molecule has 0 saturated heterocycles. The fraction of sp³-hybridized carbons (Fsp3) is 0.346. The number of hydrogen-bond donors (Lipinski definition) is 2. The number of hydrogen-bond acceptors (Lipinski definition) is 6. The van der Waals surface area contributed by atoms with Gasteiger partial charge in [-0.2, -0.15) is 14.0 Å². The number of ether oxygens (including phenoxy) is 2. The van der Waals surface area contributed by atoms with E-state index in [9.17, 15) is 29.1 Å². The highest BCUT2D eigenvalue weighted by atomic mass is 28.3. The Kier molecular flexibility index (Phi) is 7.55. The summed E-state index contributed by atoms with van der Waals surface area (Å²) in [6.45, 7) is 5.51. The predicted molar refractivity (Wildman–Crippen MR) is 139 cm³/mol. The molecule has 4 aromatic rings. The lowest BCUT2D eigenvalue weighted by molar-refractivity contribution is -0.0512. The molecule has 2 aromatic heterocycles. The fourth-order valence-corrected chi connectivity index (χ4v) is 5.14. The summed E-state index contributed by atoms with van der Waals surface area (Å²) in [5, 5.41) is 30.9. The molecule has 1 unspecified atom stereocenters. The maximum atomic E-state index is 13.4. The molecule has 2 N–H and O–H groups in total. The van der Waals surface area contributed by atoms with Crippen LogP contribution in [0, 0.1) is 18.3 Å². The van der Waals surface area contributed by atoms with Crippen LogP contribution in [0.3, 0.4) is 0 Å². The number of aliphatic hydroxyl groups excluding tert-OH is 1. The Bertz CT molecular complexity index is 1550. The lowest BCUT2D eigenvalue weighted by Crippen LogP contribution is -2.22. The zero-order valence-corrected chi connectivity index (χ0v) is 22.4. The standard InChI is InChI=1S/C26H28F2N4O5Si/c1-15-11-20(37-25(27)28)21(17-7-8-31(22(15)17)26(34)35)23(33)24-30-18-6-5-16(13-29)12-19(18)32(24)14-36-9-10-38(2,3)4/h5-8,11-12,23,25,33H,9-10,14H2,1-4H3,(H,34,35). The van der Waals surface area contributed by atoms with Crippen molar-refractivity contribution in [1.82, 2.24) is 14.1 Å². The first kappa shape index (κ1) is 27.2. The molecule has 1 atom stereocenters. The summed E-state index contributed by atoms with van der Waals surface area (Å²) in [7, 11) is -1.38. The van der Waals surface area contributed by atoms with Gasteiger partial charge in [0.1, 0.15) is 24.4 Å². The van der Waals surface area contributed by atoms with Gasteiger partial charge in [0.2, 0.25) is 0 Å². The first-order chi connectivity index (χ1) is 17.9. The lowest BCUT2D eigenvalue weighted by Gasteiger charge is -2.20. The number of aromatic nitrogens is 3. The molecule has 0 bridgehead atoms. The number of nitriles is 1. The minimum atomic E-state index is -3.18. The van der Waals surface area contributed by atoms with Crippen LogP contribution in [0.25, 0.3) is 21.9 Å².